The topological polar surface area (TPSA) is 17.1 Å². The van der Waals surface area contributed by atoms with Crippen LogP contribution < -0.4 is 0 Å². The van der Waals surface area contributed by atoms with Crippen LogP contribution in [0, 0.1) is 17.8 Å². The molecule has 0 spiro atoms. The Balaban J connectivity index is 4.13. The standard InChI is InChI=1S/C11H22O/c1-6-11(12)10(9(4)5)7-8(2)3/h8-10H,6-7H2,1-5H3. The van der Waals surface area contributed by atoms with E-state index >= 15 is 0 Å². The molecule has 0 aliphatic heterocycles. The van der Waals surface area contributed by atoms with Crippen molar-refractivity contribution < 1.29 is 4.79 Å². The molecule has 0 aromatic heterocycles. The van der Waals surface area contributed by atoms with Gasteiger partial charge in [0.1, 0.15) is 5.78 Å². The van der Waals surface area contributed by atoms with Gasteiger partial charge in [-0.15, -0.1) is 0 Å². The Hall–Kier alpha value is -0.330. The summed E-state index contributed by atoms with van der Waals surface area (Å²) in [5.41, 5.74) is 0. The Morgan fingerprint density at radius 1 is 1.17 bits per heavy atom. The predicted molar refractivity (Wildman–Crippen MR) is 53.1 cm³/mol. The quantitative estimate of drug-likeness (QED) is 0.619. The molecule has 0 fully saturated rings. The van der Waals surface area contributed by atoms with Gasteiger partial charge in [-0.2, -0.15) is 0 Å². The lowest BCUT2D eigenvalue weighted by Crippen LogP contribution is -2.21. The molecule has 0 saturated carbocycles. The molecule has 1 atom stereocenters. The summed E-state index contributed by atoms with van der Waals surface area (Å²) in [6.07, 6.45) is 1.74. The van der Waals surface area contributed by atoms with Crippen molar-refractivity contribution >= 4 is 5.78 Å². The van der Waals surface area contributed by atoms with E-state index in [-0.39, 0.29) is 5.92 Å². The second kappa shape index (κ2) is 5.34. The second-order valence-electron chi connectivity index (χ2n) is 4.30. The van der Waals surface area contributed by atoms with Gasteiger partial charge in [-0.3, -0.25) is 4.79 Å². The first-order valence-electron chi connectivity index (χ1n) is 5.01. The Morgan fingerprint density at radius 3 is 1.92 bits per heavy atom. The summed E-state index contributed by atoms with van der Waals surface area (Å²) in [5, 5.41) is 0. The van der Waals surface area contributed by atoms with E-state index in [1.165, 1.54) is 0 Å². The van der Waals surface area contributed by atoms with E-state index in [0.29, 0.717) is 24.0 Å². The first-order chi connectivity index (χ1) is 5.49. The SMILES string of the molecule is CCC(=O)C(CC(C)C)C(C)C. The maximum absolute atomic E-state index is 11.5. The van der Waals surface area contributed by atoms with Crippen molar-refractivity contribution in [3.8, 4) is 0 Å². The maximum Gasteiger partial charge on any atom is 0.135 e. The summed E-state index contributed by atoms with van der Waals surface area (Å²) < 4.78 is 0. The average molecular weight is 170 g/mol. The highest BCUT2D eigenvalue weighted by molar-refractivity contribution is 5.80. The first-order valence-corrected chi connectivity index (χ1v) is 5.01. The normalized spacial score (nSPS) is 13.9. The van der Waals surface area contributed by atoms with Gasteiger partial charge in [-0.05, 0) is 18.3 Å². The van der Waals surface area contributed by atoms with Crippen LogP contribution in [0.15, 0.2) is 0 Å². The van der Waals surface area contributed by atoms with Crippen molar-refractivity contribution in [2.45, 2.75) is 47.5 Å². The molecule has 0 bridgehead atoms. The molecule has 1 heteroatoms. The summed E-state index contributed by atoms with van der Waals surface area (Å²) in [6, 6.07) is 0. The van der Waals surface area contributed by atoms with Gasteiger partial charge in [0.15, 0.2) is 0 Å². The van der Waals surface area contributed by atoms with Gasteiger partial charge in [0.05, 0.1) is 0 Å². The van der Waals surface area contributed by atoms with Crippen LogP contribution in [0.1, 0.15) is 47.5 Å². The number of rotatable bonds is 5. The van der Waals surface area contributed by atoms with E-state index < -0.39 is 0 Å². The molecule has 0 aromatic rings. The number of Topliss-reactive ketones (excluding diaryl/α,β-unsaturated/α-hetero) is 1. The van der Waals surface area contributed by atoms with Crippen LogP contribution in [-0.4, -0.2) is 5.78 Å². The lowest BCUT2D eigenvalue weighted by atomic mass is 9.83. The van der Waals surface area contributed by atoms with E-state index in [1.807, 2.05) is 6.92 Å². The average Bonchev–Trinajstić information content (AvgIpc) is 1.98. The van der Waals surface area contributed by atoms with E-state index in [9.17, 15) is 4.79 Å². The van der Waals surface area contributed by atoms with Crippen molar-refractivity contribution in [1.29, 1.82) is 0 Å². The van der Waals surface area contributed by atoms with E-state index in [0.717, 1.165) is 6.42 Å². The summed E-state index contributed by atoms with van der Waals surface area (Å²) >= 11 is 0. The number of carbonyl (C=O) groups is 1. The van der Waals surface area contributed by atoms with Gasteiger partial charge in [-0.1, -0.05) is 34.6 Å². The molecule has 0 aliphatic rings. The fourth-order valence-corrected chi connectivity index (χ4v) is 1.55. The lowest BCUT2D eigenvalue weighted by molar-refractivity contribution is -0.124. The van der Waals surface area contributed by atoms with E-state index in [2.05, 4.69) is 27.7 Å². The Bertz CT molecular complexity index is 136. The Labute approximate surface area is 76.6 Å². The smallest absolute Gasteiger partial charge is 0.135 e. The summed E-state index contributed by atoms with van der Waals surface area (Å²) in [6.45, 7) is 10.6. The Morgan fingerprint density at radius 2 is 1.67 bits per heavy atom. The highest BCUT2D eigenvalue weighted by Gasteiger charge is 2.20. The van der Waals surface area contributed by atoms with Crippen LogP contribution in [0.3, 0.4) is 0 Å². The third-order valence-electron chi connectivity index (χ3n) is 2.29. The molecule has 0 amide bonds. The van der Waals surface area contributed by atoms with Gasteiger partial charge in [0.2, 0.25) is 0 Å². The van der Waals surface area contributed by atoms with E-state index in [4.69, 9.17) is 0 Å². The number of hydrogen-bond donors (Lipinski definition) is 0. The minimum atomic E-state index is 0.287. The fraction of sp³-hybridized carbons (Fsp3) is 0.909. The zero-order valence-electron chi connectivity index (χ0n) is 9.05. The minimum Gasteiger partial charge on any atom is -0.299 e. The van der Waals surface area contributed by atoms with E-state index in [1.54, 1.807) is 0 Å². The number of carbonyl (C=O) groups excluding carboxylic acids is 1. The van der Waals surface area contributed by atoms with Crippen molar-refractivity contribution in [1.82, 2.24) is 0 Å². The molecular formula is C11H22O. The van der Waals surface area contributed by atoms with Crippen LogP contribution >= 0.6 is 0 Å². The number of ketones is 1. The molecule has 0 N–H and O–H groups in total. The molecule has 0 aliphatic carbocycles. The van der Waals surface area contributed by atoms with Crippen LogP contribution in [0.25, 0.3) is 0 Å². The van der Waals surface area contributed by atoms with Crippen molar-refractivity contribution in [2.24, 2.45) is 17.8 Å². The van der Waals surface area contributed by atoms with Crippen molar-refractivity contribution in [3.05, 3.63) is 0 Å². The monoisotopic (exact) mass is 170 g/mol. The van der Waals surface area contributed by atoms with Gasteiger partial charge in [0.25, 0.3) is 0 Å². The summed E-state index contributed by atoms with van der Waals surface area (Å²) in [7, 11) is 0. The first kappa shape index (κ1) is 11.7. The zero-order valence-corrected chi connectivity index (χ0v) is 9.05. The largest absolute Gasteiger partial charge is 0.299 e. The third-order valence-corrected chi connectivity index (χ3v) is 2.29. The summed E-state index contributed by atoms with van der Waals surface area (Å²) in [5.74, 6) is 1.85. The molecule has 0 rings (SSSR count). The second-order valence-corrected chi connectivity index (χ2v) is 4.30. The van der Waals surface area contributed by atoms with Gasteiger partial charge < -0.3 is 0 Å². The molecular weight excluding hydrogens is 148 g/mol. The molecule has 0 saturated heterocycles. The maximum atomic E-state index is 11.5. The molecule has 1 nitrogen and oxygen atoms in total. The Kier molecular flexibility index (Phi) is 5.19. The fourth-order valence-electron chi connectivity index (χ4n) is 1.55. The van der Waals surface area contributed by atoms with Gasteiger partial charge in [0, 0.05) is 12.3 Å². The van der Waals surface area contributed by atoms with Crippen molar-refractivity contribution in [2.75, 3.05) is 0 Å². The van der Waals surface area contributed by atoms with Gasteiger partial charge in [-0.25, -0.2) is 0 Å². The van der Waals surface area contributed by atoms with Gasteiger partial charge >= 0.3 is 0 Å². The van der Waals surface area contributed by atoms with Crippen LogP contribution in [0.2, 0.25) is 0 Å². The predicted octanol–water partition coefficient (Wildman–Crippen LogP) is 3.28. The van der Waals surface area contributed by atoms with Crippen LogP contribution in [0.4, 0.5) is 0 Å². The van der Waals surface area contributed by atoms with Crippen molar-refractivity contribution in [3.63, 3.8) is 0 Å². The number of hydrogen-bond acceptors (Lipinski definition) is 1. The highest BCUT2D eigenvalue weighted by Crippen LogP contribution is 2.22. The molecule has 0 radical (unpaired) electrons. The third kappa shape index (κ3) is 3.89. The molecule has 0 heterocycles. The molecule has 72 valence electrons. The zero-order chi connectivity index (χ0) is 9.72. The molecule has 12 heavy (non-hydrogen) atoms. The summed E-state index contributed by atoms with van der Waals surface area (Å²) in [4.78, 5) is 11.5. The molecule has 0 aromatic carbocycles. The van der Waals surface area contributed by atoms with Crippen LogP contribution in [0.5, 0.6) is 0 Å². The van der Waals surface area contributed by atoms with Crippen LogP contribution in [-0.2, 0) is 4.79 Å². The highest BCUT2D eigenvalue weighted by atomic mass is 16.1. The molecule has 1 unspecified atom stereocenters. The minimum absolute atomic E-state index is 0.287. The lowest BCUT2D eigenvalue weighted by Gasteiger charge is -2.20.